The summed E-state index contributed by atoms with van der Waals surface area (Å²) in [5.74, 6) is 1.46. The Kier molecular flexibility index (Phi) is 3.44. The van der Waals surface area contributed by atoms with Crippen molar-refractivity contribution in [2.45, 2.75) is 59.5 Å². The Morgan fingerprint density at radius 3 is 2.67 bits per heavy atom. The molecule has 2 nitrogen and oxygen atoms in total. The Balaban J connectivity index is 2.01. The molecular weight excluding hydrogens is 260 g/mol. The van der Waals surface area contributed by atoms with E-state index in [9.17, 15) is 9.90 Å². The van der Waals surface area contributed by atoms with E-state index in [0.717, 1.165) is 19.3 Å². The molecule has 0 bridgehead atoms. The molecule has 1 saturated carbocycles. The molecule has 5 atom stereocenters. The number of hydrogen-bond acceptors (Lipinski definition) is 2. The van der Waals surface area contributed by atoms with Gasteiger partial charge in [-0.25, -0.2) is 0 Å². The van der Waals surface area contributed by atoms with E-state index in [-0.39, 0.29) is 22.5 Å². The van der Waals surface area contributed by atoms with Crippen LogP contribution in [-0.2, 0) is 4.79 Å². The Morgan fingerprint density at radius 1 is 1.29 bits per heavy atom. The van der Waals surface area contributed by atoms with E-state index >= 15 is 0 Å². The quantitative estimate of drug-likeness (QED) is 0.743. The molecule has 2 heteroatoms. The first-order valence-corrected chi connectivity index (χ1v) is 8.38. The SMILES string of the molecule is CC(C)[C@H]1CC=C2C(O)C3CC(=O)C=C[C@@]3(C)CC[C@@]21C. The highest BCUT2D eigenvalue weighted by Crippen LogP contribution is 2.59. The lowest BCUT2D eigenvalue weighted by molar-refractivity contribution is -0.118. The second-order valence-electron chi connectivity index (χ2n) is 8.22. The van der Waals surface area contributed by atoms with Gasteiger partial charge in [0.15, 0.2) is 5.78 Å². The van der Waals surface area contributed by atoms with Crippen molar-refractivity contribution in [3.05, 3.63) is 23.8 Å². The van der Waals surface area contributed by atoms with Crippen molar-refractivity contribution in [3.8, 4) is 0 Å². The maximum Gasteiger partial charge on any atom is 0.155 e. The topological polar surface area (TPSA) is 37.3 Å². The van der Waals surface area contributed by atoms with Gasteiger partial charge >= 0.3 is 0 Å². The fraction of sp³-hybridized carbons (Fsp3) is 0.737. The highest BCUT2D eigenvalue weighted by molar-refractivity contribution is 5.91. The number of aliphatic hydroxyl groups is 1. The maximum atomic E-state index is 11.8. The number of hydrogen-bond donors (Lipinski definition) is 1. The summed E-state index contributed by atoms with van der Waals surface area (Å²) in [7, 11) is 0. The number of ketones is 1. The first-order valence-electron chi connectivity index (χ1n) is 8.38. The highest BCUT2D eigenvalue weighted by atomic mass is 16.3. The number of aliphatic hydroxyl groups excluding tert-OH is 1. The van der Waals surface area contributed by atoms with Crippen LogP contribution in [0.5, 0.6) is 0 Å². The lowest BCUT2D eigenvalue weighted by Gasteiger charge is -2.39. The van der Waals surface area contributed by atoms with Gasteiger partial charge in [0.25, 0.3) is 0 Å². The van der Waals surface area contributed by atoms with Gasteiger partial charge in [-0.05, 0) is 53.6 Å². The van der Waals surface area contributed by atoms with Gasteiger partial charge in [0.05, 0.1) is 6.10 Å². The smallest absolute Gasteiger partial charge is 0.155 e. The zero-order valence-corrected chi connectivity index (χ0v) is 13.7. The monoisotopic (exact) mass is 288 g/mol. The van der Waals surface area contributed by atoms with Gasteiger partial charge in [0.2, 0.25) is 0 Å². The second kappa shape index (κ2) is 4.81. The van der Waals surface area contributed by atoms with Crippen LogP contribution in [0.4, 0.5) is 0 Å². The van der Waals surface area contributed by atoms with Crippen LogP contribution >= 0.6 is 0 Å². The number of fused-ring (bicyclic) bond motifs is 2. The molecular formula is C19H28O2. The Morgan fingerprint density at radius 2 is 2.00 bits per heavy atom. The van der Waals surface area contributed by atoms with E-state index in [0.29, 0.717) is 18.3 Å². The van der Waals surface area contributed by atoms with Gasteiger partial charge in [-0.1, -0.05) is 39.8 Å². The molecule has 0 radical (unpaired) electrons. The molecule has 0 amide bonds. The minimum absolute atomic E-state index is 0.0386. The van der Waals surface area contributed by atoms with E-state index in [2.05, 4.69) is 39.8 Å². The van der Waals surface area contributed by atoms with Crippen molar-refractivity contribution in [1.29, 1.82) is 0 Å². The van der Waals surface area contributed by atoms with Crippen LogP contribution in [0.25, 0.3) is 0 Å². The summed E-state index contributed by atoms with van der Waals surface area (Å²) in [4.78, 5) is 11.8. The molecule has 0 aromatic carbocycles. The van der Waals surface area contributed by atoms with Crippen molar-refractivity contribution in [2.24, 2.45) is 28.6 Å². The molecule has 116 valence electrons. The Hall–Kier alpha value is -0.890. The van der Waals surface area contributed by atoms with Crippen molar-refractivity contribution in [1.82, 2.24) is 0 Å². The molecule has 3 aliphatic rings. The molecule has 3 aliphatic carbocycles. The number of allylic oxidation sites excluding steroid dienone is 3. The van der Waals surface area contributed by atoms with Gasteiger partial charge in [-0.2, -0.15) is 0 Å². The van der Waals surface area contributed by atoms with Crippen LogP contribution in [0.3, 0.4) is 0 Å². The number of carbonyl (C=O) groups is 1. The first-order chi connectivity index (χ1) is 9.78. The summed E-state index contributed by atoms with van der Waals surface area (Å²) >= 11 is 0. The molecule has 1 N–H and O–H groups in total. The molecule has 0 aromatic rings. The number of rotatable bonds is 1. The predicted octanol–water partition coefficient (Wildman–Crippen LogP) is 3.90. The van der Waals surface area contributed by atoms with E-state index in [1.165, 1.54) is 5.57 Å². The van der Waals surface area contributed by atoms with Crippen molar-refractivity contribution in [2.75, 3.05) is 0 Å². The molecule has 1 fully saturated rings. The molecule has 21 heavy (non-hydrogen) atoms. The Bertz CT molecular complexity index is 516. The molecule has 3 rings (SSSR count). The standard InChI is InChI=1S/C19H28O2/c1-12(2)14-5-6-15-17(21)16-11-13(20)7-8-18(16,3)9-10-19(14,15)4/h6-8,12,14,16-17,21H,5,9-11H2,1-4H3/t14-,16?,17?,18+,19-/m1/s1. The van der Waals surface area contributed by atoms with Gasteiger partial charge in [-0.3, -0.25) is 4.79 Å². The summed E-state index contributed by atoms with van der Waals surface area (Å²) < 4.78 is 0. The van der Waals surface area contributed by atoms with Crippen molar-refractivity contribution in [3.63, 3.8) is 0 Å². The zero-order chi connectivity index (χ0) is 15.4. The van der Waals surface area contributed by atoms with Gasteiger partial charge < -0.3 is 5.11 Å². The fourth-order valence-electron chi connectivity index (χ4n) is 5.17. The zero-order valence-electron chi connectivity index (χ0n) is 13.7. The largest absolute Gasteiger partial charge is 0.388 e. The highest BCUT2D eigenvalue weighted by Gasteiger charge is 2.53. The normalized spacial score (nSPS) is 46.1. The van der Waals surface area contributed by atoms with Gasteiger partial charge in [-0.15, -0.1) is 0 Å². The summed E-state index contributed by atoms with van der Waals surface area (Å²) in [5.41, 5.74) is 1.28. The third-order valence-electron chi connectivity index (χ3n) is 6.68. The Labute approximate surface area is 128 Å². The molecule has 0 saturated heterocycles. The molecule has 0 heterocycles. The first kappa shape index (κ1) is 15.0. The lowest BCUT2D eigenvalue weighted by Crippen LogP contribution is -2.39. The van der Waals surface area contributed by atoms with E-state index < -0.39 is 6.10 Å². The average molecular weight is 288 g/mol. The van der Waals surface area contributed by atoms with Crippen molar-refractivity contribution >= 4 is 5.78 Å². The molecule has 0 aliphatic heterocycles. The summed E-state index contributed by atoms with van der Waals surface area (Å²) in [5, 5.41) is 11.0. The second-order valence-corrected chi connectivity index (χ2v) is 8.22. The summed E-state index contributed by atoms with van der Waals surface area (Å²) in [6.45, 7) is 9.15. The maximum absolute atomic E-state index is 11.8. The van der Waals surface area contributed by atoms with Gasteiger partial charge in [0.1, 0.15) is 0 Å². The van der Waals surface area contributed by atoms with Crippen LogP contribution in [-0.4, -0.2) is 17.0 Å². The van der Waals surface area contributed by atoms with Crippen LogP contribution in [0.15, 0.2) is 23.8 Å². The van der Waals surface area contributed by atoms with Gasteiger partial charge in [0, 0.05) is 12.3 Å². The van der Waals surface area contributed by atoms with Crippen molar-refractivity contribution < 1.29 is 9.90 Å². The van der Waals surface area contributed by atoms with E-state index in [1.54, 1.807) is 6.08 Å². The average Bonchev–Trinajstić information content (AvgIpc) is 2.73. The minimum Gasteiger partial charge on any atom is -0.388 e. The van der Waals surface area contributed by atoms with Crippen LogP contribution in [0.1, 0.15) is 53.4 Å². The fourth-order valence-corrected chi connectivity index (χ4v) is 5.17. The molecule has 2 unspecified atom stereocenters. The molecule has 0 aromatic heterocycles. The van der Waals surface area contributed by atoms with Crippen LogP contribution in [0, 0.1) is 28.6 Å². The minimum atomic E-state index is -0.458. The van der Waals surface area contributed by atoms with E-state index in [1.807, 2.05) is 0 Å². The summed E-state index contributed by atoms with van der Waals surface area (Å²) in [6, 6.07) is 0. The third-order valence-corrected chi connectivity index (χ3v) is 6.68. The van der Waals surface area contributed by atoms with Crippen LogP contribution < -0.4 is 0 Å². The van der Waals surface area contributed by atoms with E-state index in [4.69, 9.17) is 0 Å². The third kappa shape index (κ3) is 2.14. The number of carbonyl (C=O) groups excluding carboxylic acids is 1. The van der Waals surface area contributed by atoms with Crippen LogP contribution in [0.2, 0.25) is 0 Å². The lowest BCUT2D eigenvalue weighted by atomic mass is 9.67. The molecule has 0 spiro atoms. The predicted molar refractivity (Wildman–Crippen MR) is 84.7 cm³/mol. The summed E-state index contributed by atoms with van der Waals surface area (Å²) in [6.07, 6.45) is 9.38.